The van der Waals surface area contributed by atoms with Crippen LogP contribution >= 0.6 is 0 Å². The van der Waals surface area contributed by atoms with Crippen molar-refractivity contribution in [2.75, 3.05) is 13.7 Å². The average molecular weight is 463 g/mol. The van der Waals surface area contributed by atoms with Gasteiger partial charge in [-0.3, -0.25) is 4.79 Å². The Balaban J connectivity index is 1.37. The van der Waals surface area contributed by atoms with Crippen LogP contribution in [0.15, 0.2) is 65.1 Å². The zero-order chi connectivity index (χ0) is 24.5. The number of carboxylic acid groups (broad SMARTS) is 1. The van der Waals surface area contributed by atoms with Gasteiger partial charge in [0.2, 0.25) is 11.7 Å². The molecule has 2 aromatic carbocycles. The number of carbonyl (C=O) groups excluding carboxylic acids is 2. The van der Waals surface area contributed by atoms with E-state index in [1.165, 1.54) is 17.0 Å². The molecular formula is C26H26N2O6. The maximum Gasteiger partial charge on any atom is 0.408 e. The molecule has 34 heavy (non-hydrogen) atoms. The van der Waals surface area contributed by atoms with E-state index in [4.69, 9.17) is 14.3 Å². The van der Waals surface area contributed by atoms with Crippen LogP contribution in [0.2, 0.25) is 0 Å². The number of likely N-dealkylation sites (N-methyl/N-ethyl adjacent to an activating group) is 1. The number of ether oxygens (including phenoxy) is 1. The standard InChI is InChI=1S/C26H26N2O6/c1-26(2,24(31)28(3)14-16-12-13-22(34-16)23(29)30)27-25(32)33-15-21-19-10-6-4-8-17(19)18-9-5-7-11-20(18)21/h4-13,21H,14-15H2,1-3H3,(H,27,32)(H,29,30). The van der Waals surface area contributed by atoms with Crippen molar-refractivity contribution >= 4 is 18.0 Å². The molecule has 176 valence electrons. The lowest BCUT2D eigenvalue weighted by atomic mass is 9.98. The van der Waals surface area contributed by atoms with Crippen LogP contribution in [0.1, 0.15) is 47.2 Å². The van der Waals surface area contributed by atoms with E-state index in [-0.39, 0.29) is 30.7 Å². The van der Waals surface area contributed by atoms with Gasteiger partial charge in [-0.2, -0.15) is 0 Å². The minimum atomic E-state index is -1.25. The number of hydrogen-bond donors (Lipinski definition) is 2. The summed E-state index contributed by atoms with van der Waals surface area (Å²) in [5.74, 6) is -1.52. The summed E-state index contributed by atoms with van der Waals surface area (Å²) in [6, 6.07) is 18.9. The van der Waals surface area contributed by atoms with E-state index >= 15 is 0 Å². The van der Waals surface area contributed by atoms with Crippen LogP contribution in [-0.4, -0.2) is 47.2 Å². The largest absolute Gasteiger partial charge is 0.475 e. The van der Waals surface area contributed by atoms with Gasteiger partial charge in [-0.25, -0.2) is 9.59 Å². The lowest BCUT2D eigenvalue weighted by Crippen LogP contribution is -2.55. The molecule has 3 aromatic rings. The molecule has 2 N–H and O–H groups in total. The van der Waals surface area contributed by atoms with Crippen LogP contribution in [0, 0.1) is 0 Å². The predicted octanol–water partition coefficient (Wildman–Crippen LogP) is 4.25. The van der Waals surface area contributed by atoms with Crippen molar-refractivity contribution in [3.05, 3.63) is 83.3 Å². The first-order valence-electron chi connectivity index (χ1n) is 10.9. The summed E-state index contributed by atoms with van der Waals surface area (Å²) in [4.78, 5) is 37.9. The number of fused-ring (bicyclic) bond motifs is 3. The molecule has 0 aliphatic heterocycles. The Morgan fingerprint density at radius 2 is 1.59 bits per heavy atom. The van der Waals surface area contributed by atoms with E-state index in [0.717, 1.165) is 22.3 Å². The number of furan rings is 1. The minimum Gasteiger partial charge on any atom is -0.475 e. The Kier molecular flexibility index (Phi) is 6.15. The first kappa shape index (κ1) is 23.1. The van der Waals surface area contributed by atoms with Crippen LogP contribution < -0.4 is 5.32 Å². The number of alkyl carbamates (subject to hydrolysis) is 1. The first-order valence-corrected chi connectivity index (χ1v) is 10.9. The Bertz CT molecular complexity index is 1200. The number of carboxylic acids is 1. The highest BCUT2D eigenvalue weighted by Gasteiger charge is 2.34. The fourth-order valence-corrected chi connectivity index (χ4v) is 4.30. The zero-order valence-electron chi connectivity index (χ0n) is 19.2. The van der Waals surface area contributed by atoms with Gasteiger partial charge in [-0.15, -0.1) is 0 Å². The fraction of sp³-hybridized carbons (Fsp3) is 0.269. The number of nitrogens with zero attached hydrogens (tertiary/aromatic N) is 1. The second kappa shape index (κ2) is 9.05. The molecule has 0 atom stereocenters. The van der Waals surface area contributed by atoms with Gasteiger partial charge in [-0.1, -0.05) is 48.5 Å². The Morgan fingerprint density at radius 1 is 1.00 bits per heavy atom. The molecule has 8 nitrogen and oxygen atoms in total. The minimum absolute atomic E-state index is 0.0575. The van der Waals surface area contributed by atoms with E-state index in [9.17, 15) is 14.4 Å². The van der Waals surface area contributed by atoms with E-state index in [1.807, 2.05) is 36.4 Å². The van der Waals surface area contributed by atoms with Gasteiger partial charge in [0.25, 0.3) is 0 Å². The summed E-state index contributed by atoms with van der Waals surface area (Å²) in [7, 11) is 1.55. The monoisotopic (exact) mass is 462 g/mol. The molecular weight excluding hydrogens is 436 g/mol. The quantitative estimate of drug-likeness (QED) is 0.543. The van der Waals surface area contributed by atoms with Crippen LogP contribution in [0.3, 0.4) is 0 Å². The van der Waals surface area contributed by atoms with E-state index in [0.29, 0.717) is 5.76 Å². The topological polar surface area (TPSA) is 109 Å². The molecule has 8 heteroatoms. The summed E-state index contributed by atoms with van der Waals surface area (Å²) in [6.45, 7) is 3.36. The smallest absolute Gasteiger partial charge is 0.408 e. The van der Waals surface area contributed by atoms with Crippen molar-refractivity contribution in [2.24, 2.45) is 0 Å². The first-order chi connectivity index (χ1) is 16.2. The van der Waals surface area contributed by atoms with E-state index < -0.39 is 17.6 Å². The van der Waals surface area contributed by atoms with Crippen molar-refractivity contribution in [1.82, 2.24) is 10.2 Å². The van der Waals surface area contributed by atoms with Gasteiger partial charge in [0.1, 0.15) is 17.9 Å². The molecule has 2 amide bonds. The number of aromatic carboxylic acids is 1. The van der Waals surface area contributed by atoms with Crippen molar-refractivity contribution in [3.8, 4) is 11.1 Å². The van der Waals surface area contributed by atoms with Crippen LogP contribution in [0.4, 0.5) is 4.79 Å². The summed E-state index contributed by atoms with van der Waals surface area (Å²) < 4.78 is 10.8. The molecule has 1 aromatic heterocycles. The summed E-state index contributed by atoms with van der Waals surface area (Å²) in [6.07, 6.45) is -0.695. The van der Waals surface area contributed by atoms with E-state index in [2.05, 4.69) is 17.4 Å². The molecule has 1 heterocycles. The van der Waals surface area contributed by atoms with Crippen molar-refractivity contribution < 1.29 is 28.6 Å². The highest BCUT2D eigenvalue weighted by molar-refractivity contribution is 5.89. The van der Waals surface area contributed by atoms with Gasteiger partial charge >= 0.3 is 12.1 Å². The van der Waals surface area contributed by atoms with Crippen molar-refractivity contribution in [1.29, 1.82) is 0 Å². The lowest BCUT2D eigenvalue weighted by Gasteiger charge is -2.29. The molecule has 0 bridgehead atoms. The summed E-state index contributed by atoms with van der Waals surface area (Å²) >= 11 is 0. The molecule has 4 rings (SSSR count). The number of benzene rings is 2. The third-order valence-corrected chi connectivity index (χ3v) is 5.91. The van der Waals surface area contributed by atoms with Gasteiger partial charge < -0.3 is 24.5 Å². The Morgan fingerprint density at radius 3 is 2.15 bits per heavy atom. The zero-order valence-corrected chi connectivity index (χ0v) is 19.2. The number of amides is 2. The highest BCUT2D eigenvalue weighted by atomic mass is 16.5. The normalized spacial score (nSPS) is 12.6. The maximum absolute atomic E-state index is 12.9. The Labute approximate surface area is 197 Å². The van der Waals surface area contributed by atoms with Gasteiger partial charge in [-0.05, 0) is 48.2 Å². The molecule has 0 fully saturated rings. The van der Waals surface area contributed by atoms with Gasteiger partial charge in [0, 0.05) is 13.0 Å². The number of carbonyl (C=O) groups is 3. The molecule has 0 spiro atoms. The maximum atomic E-state index is 12.9. The van der Waals surface area contributed by atoms with Crippen LogP contribution in [-0.2, 0) is 16.1 Å². The van der Waals surface area contributed by atoms with E-state index in [1.54, 1.807) is 20.9 Å². The Hall–Kier alpha value is -4.07. The number of nitrogens with one attached hydrogen (secondary N) is 1. The second-order valence-corrected chi connectivity index (χ2v) is 8.81. The van der Waals surface area contributed by atoms with Crippen molar-refractivity contribution in [3.63, 3.8) is 0 Å². The summed E-state index contributed by atoms with van der Waals surface area (Å²) in [5, 5.41) is 11.6. The third-order valence-electron chi connectivity index (χ3n) is 5.91. The molecule has 0 saturated carbocycles. The lowest BCUT2D eigenvalue weighted by molar-refractivity contribution is -0.136. The van der Waals surface area contributed by atoms with Gasteiger partial charge in [0.05, 0.1) is 6.54 Å². The predicted molar refractivity (Wildman–Crippen MR) is 124 cm³/mol. The molecule has 1 aliphatic carbocycles. The van der Waals surface area contributed by atoms with Gasteiger partial charge in [0.15, 0.2) is 0 Å². The SMILES string of the molecule is CN(Cc1ccc(C(=O)O)o1)C(=O)C(C)(C)NC(=O)OCC1c2ccccc2-c2ccccc21. The number of hydrogen-bond acceptors (Lipinski definition) is 5. The molecule has 0 radical (unpaired) electrons. The average Bonchev–Trinajstić information content (AvgIpc) is 3.40. The highest BCUT2D eigenvalue weighted by Crippen LogP contribution is 2.44. The molecule has 0 saturated heterocycles. The fourth-order valence-electron chi connectivity index (χ4n) is 4.30. The van der Waals surface area contributed by atoms with Crippen molar-refractivity contribution in [2.45, 2.75) is 31.8 Å². The second-order valence-electron chi connectivity index (χ2n) is 8.81. The molecule has 0 unspecified atom stereocenters. The van der Waals surface area contributed by atoms with Crippen LogP contribution in [0.5, 0.6) is 0 Å². The molecule has 1 aliphatic rings. The van der Waals surface area contributed by atoms with Crippen LogP contribution in [0.25, 0.3) is 11.1 Å². The third kappa shape index (κ3) is 4.52. The summed E-state index contributed by atoms with van der Waals surface area (Å²) in [5.41, 5.74) is 3.22. The number of rotatable bonds is 7.